The van der Waals surface area contributed by atoms with Gasteiger partial charge in [0.25, 0.3) is 0 Å². The average Bonchev–Trinajstić information content (AvgIpc) is 2.46. The molecule has 0 aromatic heterocycles. The first-order valence-electron chi connectivity index (χ1n) is 9.32. The Bertz CT molecular complexity index is 238. The van der Waals surface area contributed by atoms with Crippen molar-refractivity contribution in [2.75, 3.05) is 0 Å². The Morgan fingerprint density at radius 1 is 0.762 bits per heavy atom. The van der Waals surface area contributed by atoms with Crippen molar-refractivity contribution in [3.63, 3.8) is 0 Å². The zero-order valence-corrected chi connectivity index (χ0v) is 15.0. The summed E-state index contributed by atoms with van der Waals surface area (Å²) >= 11 is 0. The molecule has 0 saturated heterocycles. The van der Waals surface area contributed by atoms with Crippen LogP contribution in [0.4, 0.5) is 0 Å². The molecule has 0 N–H and O–H groups in total. The second-order valence-corrected chi connectivity index (χ2v) is 6.55. The van der Waals surface area contributed by atoms with Crippen LogP contribution in [0.1, 0.15) is 105 Å². The summed E-state index contributed by atoms with van der Waals surface area (Å²) < 4.78 is 5.56. The first-order valence-corrected chi connectivity index (χ1v) is 9.32. The summed E-state index contributed by atoms with van der Waals surface area (Å²) in [5, 5.41) is 0. The second-order valence-electron chi connectivity index (χ2n) is 6.55. The highest BCUT2D eigenvalue weighted by atomic mass is 16.5. The molecule has 2 atom stereocenters. The molecule has 0 heterocycles. The van der Waals surface area contributed by atoms with Crippen LogP contribution < -0.4 is 0 Å². The van der Waals surface area contributed by atoms with E-state index in [1.54, 1.807) is 0 Å². The summed E-state index contributed by atoms with van der Waals surface area (Å²) in [6, 6.07) is 0. The Hall–Kier alpha value is -0.530. The van der Waals surface area contributed by atoms with Crippen LogP contribution in [0.25, 0.3) is 0 Å². The molecule has 2 unspecified atom stereocenters. The lowest BCUT2D eigenvalue weighted by molar-refractivity contribution is -0.153. The molecule has 0 spiro atoms. The lowest BCUT2D eigenvalue weighted by Gasteiger charge is -2.16. The van der Waals surface area contributed by atoms with Crippen LogP contribution in [0.3, 0.4) is 0 Å². The smallest absolute Gasteiger partial charge is 0.308 e. The Labute approximate surface area is 133 Å². The summed E-state index contributed by atoms with van der Waals surface area (Å²) in [5.41, 5.74) is 0. The van der Waals surface area contributed by atoms with Crippen molar-refractivity contribution in [2.45, 2.75) is 111 Å². The molecule has 0 aliphatic carbocycles. The largest absolute Gasteiger partial charge is 0.462 e. The highest BCUT2D eigenvalue weighted by Gasteiger charge is 2.16. The van der Waals surface area contributed by atoms with Crippen molar-refractivity contribution in [2.24, 2.45) is 5.92 Å². The SMILES string of the molecule is CCCCCCCC(C)OC(=O)C(C)CCCCCCC. The predicted octanol–water partition coefficient (Wildman–Crippen LogP) is 6.28. The van der Waals surface area contributed by atoms with Gasteiger partial charge in [0, 0.05) is 0 Å². The van der Waals surface area contributed by atoms with Gasteiger partial charge in [0.15, 0.2) is 0 Å². The maximum absolute atomic E-state index is 12.0. The van der Waals surface area contributed by atoms with Crippen LogP contribution in [0.2, 0.25) is 0 Å². The molecule has 0 aliphatic heterocycles. The lowest BCUT2D eigenvalue weighted by Crippen LogP contribution is -2.20. The first-order chi connectivity index (χ1) is 10.1. The molecular weight excluding hydrogens is 260 g/mol. The van der Waals surface area contributed by atoms with E-state index in [-0.39, 0.29) is 18.0 Å². The van der Waals surface area contributed by atoms with Crippen molar-refractivity contribution in [3.8, 4) is 0 Å². The summed E-state index contributed by atoms with van der Waals surface area (Å²) in [4.78, 5) is 12.0. The Morgan fingerprint density at radius 2 is 1.24 bits per heavy atom. The predicted molar refractivity (Wildman–Crippen MR) is 91.5 cm³/mol. The zero-order valence-electron chi connectivity index (χ0n) is 15.0. The van der Waals surface area contributed by atoms with Crippen LogP contribution in [0.15, 0.2) is 0 Å². The molecule has 0 rings (SSSR count). The van der Waals surface area contributed by atoms with Gasteiger partial charge in [-0.25, -0.2) is 0 Å². The summed E-state index contributed by atoms with van der Waals surface area (Å²) in [5.74, 6) is 0.0701. The lowest BCUT2D eigenvalue weighted by atomic mass is 10.0. The molecule has 2 heteroatoms. The number of carbonyl (C=O) groups is 1. The van der Waals surface area contributed by atoms with E-state index >= 15 is 0 Å². The zero-order chi connectivity index (χ0) is 15.9. The minimum Gasteiger partial charge on any atom is -0.462 e. The molecule has 0 aromatic carbocycles. The highest BCUT2D eigenvalue weighted by molar-refractivity contribution is 5.72. The Morgan fingerprint density at radius 3 is 1.76 bits per heavy atom. The van der Waals surface area contributed by atoms with Gasteiger partial charge in [-0.3, -0.25) is 4.79 Å². The van der Waals surface area contributed by atoms with Gasteiger partial charge in [0.05, 0.1) is 12.0 Å². The maximum Gasteiger partial charge on any atom is 0.308 e. The Balaban J connectivity index is 3.60. The summed E-state index contributed by atoms with van der Waals surface area (Å²) in [7, 11) is 0. The summed E-state index contributed by atoms with van der Waals surface area (Å²) in [6.07, 6.45) is 14.7. The fourth-order valence-corrected chi connectivity index (χ4v) is 2.58. The maximum atomic E-state index is 12.0. The van der Waals surface area contributed by atoms with Gasteiger partial charge in [0.1, 0.15) is 0 Å². The van der Waals surface area contributed by atoms with Crippen molar-refractivity contribution in [1.82, 2.24) is 0 Å². The molecule has 0 aliphatic rings. The second kappa shape index (κ2) is 14.4. The third-order valence-corrected chi connectivity index (χ3v) is 4.17. The molecule has 0 aromatic rings. The van der Waals surface area contributed by atoms with Crippen LogP contribution in [-0.2, 0) is 9.53 Å². The van der Waals surface area contributed by atoms with Gasteiger partial charge in [-0.15, -0.1) is 0 Å². The molecular formula is C19H38O2. The number of ether oxygens (including phenoxy) is 1. The van der Waals surface area contributed by atoms with Crippen molar-refractivity contribution in [3.05, 3.63) is 0 Å². The van der Waals surface area contributed by atoms with Gasteiger partial charge in [-0.2, -0.15) is 0 Å². The number of unbranched alkanes of at least 4 members (excludes halogenated alkanes) is 8. The standard InChI is InChI=1S/C19H38O2/c1-5-7-9-11-13-15-17(3)19(20)21-18(4)16-14-12-10-8-6-2/h17-18H,5-16H2,1-4H3. The van der Waals surface area contributed by atoms with E-state index in [0.717, 1.165) is 19.3 Å². The number of rotatable bonds is 14. The number of esters is 1. The van der Waals surface area contributed by atoms with Crippen molar-refractivity contribution >= 4 is 5.97 Å². The molecule has 0 amide bonds. The minimum absolute atomic E-state index is 0.00606. The van der Waals surface area contributed by atoms with Crippen molar-refractivity contribution < 1.29 is 9.53 Å². The van der Waals surface area contributed by atoms with E-state index in [9.17, 15) is 4.79 Å². The van der Waals surface area contributed by atoms with Crippen LogP contribution in [-0.4, -0.2) is 12.1 Å². The fourth-order valence-electron chi connectivity index (χ4n) is 2.58. The third-order valence-electron chi connectivity index (χ3n) is 4.17. The van der Waals surface area contributed by atoms with Gasteiger partial charge in [0.2, 0.25) is 0 Å². The summed E-state index contributed by atoms with van der Waals surface area (Å²) in [6.45, 7) is 8.50. The quantitative estimate of drug-likeness (QED) is 0.279. The van der Waals surface area contributed by atoms with E-state index in [2.05, 4.69) is 13.8 Å². The highest BCUT2D eigenvalue weighted by Crippen LogP contribution is 2.15. The van der Waals surface area contributed by atoms with Crippen molar-refractivity contribution in [1.29, 1.82) is 0 Å². The molecule has 0 radical (unpaired) electrons. The first kappa shape index (κ1) is 20.5. The molecule has 0 bridgehead atoms. The molecule has 0 fully saturated rings. The fraction of sp³-hybridized carbons (Fsp3) is 0.947. The van der Waals surface area contributed by atoms with E-state index in [1.807, 2.05) is 13.8 Å². The normalized spacial score (nSPS) is 13.9. The molecule has 21 heavy (non-hydrogen) atoms. The van der Waals surface area contributed by atoms with E-state index in [0.29, 0.717) is 0 Å². The number of hydrogen-bond acceptors (Lipinski definition) is 2. The van der Waals surface area contributed by atoms with E-state index in [4.69, 9.17) is 4.74 Å². The number of carbonyl (C=O) groups excluding carboxylic acids is 1. The van der Waals surface area contributed by atoms with Crippen LogP contribution >= 0.6 is 0 Å². The third kappa shape index (κ3) is 12.9. The monoisotopic (exact) mass is 298 g/mol. The van der Waals surface area contributed by atoms with Gasteiger partial charge < -0.3 is 4.74 Å². The molecule has 2 nitrogen and oxygen atoms in total. The minimum atomic E-state index is 0.00606. The Kier molecular flexibility index (Phi) is 14.0. The van der Waals surface area contributed by atoms with Gasteiger partial charge in [-0.05, 0) is 26.2 Å². The van der Waals surface area contributed by atoms with E-state index in [1.165, 1.54) is 57.8 Å². The van der Waals surface area contributed by atoms with Gasteiger partial charge in [-0.1, -0.05) is 78.6 Å². The van der Waals surface area contributed by atoms with E-state index < -0.39 is 0 Å². The topological polar surface area (TPSA) is 26.3 Å². The number of hydrogen-bond donors (Lipinski definition) is 0. The van der Waals surface area contributed by atoms with Gasteiger partial charge >= 0.3 is 5.97 Å². The average molecular weight is 299 g/mol. The molecule has 0 saturated carbocycles. The van der Waals surface area contributed by atoms with Crippen LogP contribution in [0, 0.1) is 5.92 Å². The van der Waals surface area contributed by atoms with Crippen LogP contribution in [0.5, 0.6) is 0 Å². The molecule has 126 valence electrons.